The molecule has 3 aromatic carbocycles. The molecule has 3 aromatic rings. The average molecular weight is 475 g/mol. The highest BCUT2D eigenvalue weighted by Crippen LogP contribution is 2.19. The number of likely N-dealkylation sites (N-methyl/N-ethyl adjacent to an activating group) is 1. The summed E-state index contributed by atoms with van der Waals surface area (Å²) in [5.41, 5.74) is 3.06. The van der Waals surface area contributed by atoms with Gasteiger partial charge in [0.15, 0.2) is 0 Å². The van der Waals surface area contributed by atoms with Crippen molar-refractivity contribution in [1.29, 1.82) is 0 Å². The van der Waals surface area contributed by atoms with Crippen molar-refractivity contribution in [2.75, 3.05) is 20.8 Å². The second kappa shape index (κ2) is 13.2. The molecule has 0 heterocycles. The van der Waals surface area contributed by atoms with Crippen LogP contribution in [0.1, 0.15) is 29.5 Å². The van der Waals surface area contributed by atoms with E-state index in [4.69, 9.17) is 9.47 Å². The molecule has 0 aliphatic heterocycles. The van der Waals surface area contributed by atoms with Gasteiger partial charge in [0.05, 0.1) is 13.7 Å². The summed E-state index contributed by atoms with van der Waals surface area (Å²) in [4.78, 5) is 28.1. The lowest BCUT2D eigenvalue weighted by Gasteiger charge is -2.31. The Balaban J connectivity index is 1.75. The maximum Gasteiger partial charge on any atom is 0.242 e. The van der Waals surface area contributed by atoms with Crippen LogP contribution in [0, 0.1) is 6.92 Å². The van der Waals surface area contributed by atoms with Crippen molar-refractivity contribution < 1.29 is 19.1 Å². The van der Waals surface area contributed by atoms with Gasteiger partial charge in [-0.2, -0.15) is 0 Å². The van der Waals surface area contributed by atoms with Crippen LogP contribution in [0.5, 0.6) is 11.5 Å². The van der Waals surface area contributed by atoms with E-state index in [-0.39, 0.29) is 18.2 Å². The van der Waals surface area contributed by atoms with Crippen molar-refractivity contribution in [2.45, 2.75) is 38.8 Å². The fraction of sp³-hybridized carbons (Fsp3) is 0.310. The van der Waals surface area contributed by atoms with Crippen LogP contribution < -0.4 is 14.8 Å². The van der Waals surface area contributed by atoms with Crippen molar-refractivity contribution in [1.82, 2.24) is 10.2 Å². The van der Waals surface area contributed by atoms with E-state index in [0.29, 0.717) is 31.7 Å². The highest BCUT2D eigenvalue weighted by atomic mass is 16.5. The quantitative estimate of drug-likeness (QED) is 0.391. The first-order valence-corrected chi connectivity index (χ1v) is 11.9. The zero-order valence-electron chi connectivity index (χ0n) is 20.7. The zero-order valence-corrected chi connectivity index (χ0v) is 20.7. The third-order valence-electron chi connectivity index (χ3n) is 5.83. The van der Waals surface area contributed by atoms with Crippen LogP contribution in [0.15, 0.2) is 78.9 Å². The highest BCUT2D eigenvalue weighted by Gasteiger charge is 2.29. The molecule has 6 nitrogen and oxygen atoms in total. The fourth-order valence-electron chi connectivity index (χ4n) is 3.88. The monoisotopic (exact) mass is 474 g/mol. The minimum absolute atomic E-state index is 0.0927. The van der Waals surface area contributed by atoms with E-state index < -0.39 is 6.04 Å². The van der Waals surface area contributed by atoms with Crippen LogP contribution in [-0.4, -0.2) is 43.5 Å². The SMILES string of the molecule is CNC(=O)[C@H](Cc1ccccc1)N(Cc1cccc(OC)c1)C(=O)CCCOc1ccc(C)cc1. The topological polar surface area (TPSA) is 67.9 Å². The number of benzene rings is 3. The Morgan fingerprint density at radius 3 is 2.31 bits per heavy atom. The summed E-state index contributed by atoms with van der Waals surface area (Å²) in [5, 5.41) is 2.74. The average Bonchev–Trinajstić information content (AvgIpc) is 2.89. The van der Waals surface area contributed by atoms with Crippen molar-refractivity contribution in [3.63, 3.8) is 0 Å². The molecule has 1 atom stereocenters. The number of hydrogen-bond donors (Lipinski definition) is 1. The van der Waals surface area contributed by atoms with Gasteiger partial charge in [-0.05, 0) is 48.7 Å². The molecule has 0 spiro atoms. The normalized spacial score (nSPS) is 11.4. The van der Waals surface area contributed by atoms with E-state index in [1.807, 2.05) is 85.8 Å². The Labute approximate surface area is 207 Å². The van der Waals surface area contributed by atoms with E-state index in [2.05, 4.69) is 5.32 Å². The van der Waals surface area contributed by atoms with E-state index in [1.165, 1.54) is 5.56 Å². The number of methoxy groups -OCH3 is 1. The van der Waals surface area contributed by atoms with Gasteiger partial charge in [0.25, 0.3) is 0 Å². The first-order valence-electron chi connectivity index (χ1n) is 11.9. The third kappa shape index (κ3) is 7.88. The van der Waals surface area contributed by atoms with Crippen LogP contribution in [0.4, 0.5) is 0 Å². The van der Waals surface area contributed by atoms with Gasteiger partial charge in [-0.25, -0.2) is 0 Å². The molecule has 0 aromatic heterocycles. The summed E-state index contributed by atoms with van der Waals surface area (Å²) < 4.78 is 11.1. The number of ether oxygens (including phenoxy) is 2. The molecular formula is C29H34N2O4. The molecule has 0 bridgehead atoms. The lowest BCUT2D eigenvalue weighted by Crippen LogP contribution is -2.49. The molecule has 2 amide bonds. The molecule has 184 valence electrons. The number of rotatable bonds is 12. The van der Waals surface area contributed by atoms with Gasteiger partial charge >= 0.3 is 0 Å². The van der Waals surface area contributed by atoms with Crippen LogP contribution in [-0.2, 0) is 22.6 Å². The molecule has 0 aliphatic rings. The standard InChI is InChI=1S/C29H34N2O4/c1-22-14-16-25(17-15-22)35-18-8-13-28(32)31(21-24-11-7-12-26(19-24)34-3)27(29(33)30-2)20-23-9-5-4-6-10-23/h4-7,9-12,14-17,19,27H,8,13,18,20-21H2,1-3H3,(H,30,33)/t27-/m0/s1. The summed E-state index contributed by atoms with van der Waals surface area (Å²) in [6.45, 7) is 2.75. The fourth-order valence-corrected chi connectivity index (χ4v) is 3.88. The lowest BCUT2D eigenvalue weighted by atomic mass is 10.0. The van der Waals surface area contributed by atoms with Gasteiger partial charge in [0, 0.05) is 26.4 Å². The van der Waals surface area contributed by atoms with Crippen molar-refractivity contribution in [2.24, 2.45) is 0 Å². The molecule has 0 unspecified atom stereocenters. The maximum absolute atomic E-state index is 13.5. The van der Waals surface area contributed by atoms with Gasteiger partial charge < -0.3 is 19.7 Å². The number of nitrogens with zero attached hydrogens (tertiary/aromatic N) is 1. The minimum Gasteiger partial charge on any atom is -0.497 e. The molecular weight excluding hydrogens is 440 g/mol. The van der Waals surface area contributed by atoms with Crippen LogP contribution in [0.25, 0.3) is 0 Å². The number of hydrogen-bond acceptors (Lipinski definition) is 4. The Morgan fingerprint density at radius 2 is 1.63 bits per heavy atom. The number of carbonyl (C=O) groups excluding carboxylic acids is 2. The summed E-state index contributed by atoms with van der Waals surface area (Å²) in [6, 6.07) is 24.5. The van der Waals surface area contributed by atoms with Gasteiger partial charge in [0.1, 0.15) is 17.5 Å². The van der Waals surface area contributed by atoms with E-state index in [9.17, 15) is 9.59 Å². The zero-order chi connectivity index (χ0) is 25.0. The van der Waals surface area contributed by atoms with Gasteiger partial charge in [-0.3, -0.25) is 9.59 Å². The molecule has 0 radical (unpaired) electrons. The Hall–Kier alpha value is -3.80. The Bertz CT molecular complexity index is 1080. The lowest BCUT2D eigenvalue weighted by molar-refractivity contribution is -0.141. The summed E-state index contributed by atoms with van der Waals surface area (Å²) in [5.74, 6) is 1.20. The minimum atomic E-state index is -0.640. The maximum atomic E-state index is 13.5. The Morgan fingerprint density at radius 1 is 0.914 bits per heavy atom. The molecule has 0 saturated carbocycles. The number of nitrogens with one attached hydrogen (secondary N) is 1. The molecule has 35 heavy (non-hydrogen) atoms. The van der Waals surface area contributed by atoms with Crippen molar-refractivity contribution >= 4 is 11.8 Å². The number of carbonyl (C=O) groups is 2. The first-order chi connectivity index (χ1) is 17.0. The van der Waals surface area contributed by atoms with E-state index >= 15 is 0 Å². The largest absolute Gasteiger partial charge is 0.497 e. The summed E-state index contributed by atoms with van der Waals surface area (Å²) in [7, 11) is 3.21. The predicted molar refractivity (Wildman–Crippen MR) is 137 cm³/mol. The molecule has 3 rings (SSSR count). The third-order valence-corrected chi connectivity index (χ3v) is 5.83. The molecule has 6 heteroatoms. The van der Waals surface area contributed by atoms with Gasteiger partial charge in [-0.1, -0.05) is 60.2 Å². The second-order valence-electron chi connectivity index (χ2n) is 8.46. The van der Waals surface area contributed by atoms with Crippen LogP contribution >= 0.6 is 0 Å². The van der Waals surface area contributed by atoms with E-state index in [0.717, 1.165) is 16.9 Å². The van der Waals surface area contributed by atoms with E-state index in [1.54, 1.807) is 19.1 Å². The van der Waals surface area contributed by atoms with Gasteiger partial charge in [-0.15, -0.1) is 0 Å². The molecule has 0 saturated heterocycles. The van der Waals surface area contributed by atoms with Crippen molar-refractivity contribution in [3.8, 4) is 11.5 Å². The molecule has 0 fully saturated rings. The number of amides is 2. The van der Waals surface area contributed by atoms with Crippen LogP contribution in [0.3, 0.4) is 0 Å². The smallest absolute Gasteiger partial charge is 0.242 e. The van der Waals surface area contributed by atoms with Crippen molar-refractivity contribution in [3.05, 3.63) is 95.6 Å². The predicted octanol–water partition coefficient (Wildman–Crippen LogP) is 4.55. The Kier molecular flexibility index (Phi) is 9.72. The molecule has 0 aliphatic carbocycles. The highest BCUT2D eigenvalue weighted by molar-refractivity contribution is 5.87. The van der Waals surface area contributed by atoms with Crippen LogP contribution in [0.2, 0.25) is 0 Å². The van der Waals surface area contributed by atoms with Gasteiger partial charge in [0.2, 0.25) is 11.8 Å². The summed E-state index contributed by atoms with van der Waals surface area (Å²) in [6.07, 6.45) is 1.25. The number of aryl methyl sites for hydroxylation is 1. The summed E-state index contributed by atoms with van der Waals surface area (Å²) >= 11 is 0. The molecule has 1 N–H and O–H groups in total. The first kappa shape index (κ1) is 25.8. The second-order valence-corrected chi connectivity index (χ2v) is 8.46.